The van der Waals surface area contributed by atoms with E-state index < -0.39 is 0 Å². The lowest BCUT2D eigenvalue weighted by molar-refractivity contribution is 0.0953. The average molecular weight is 284 g/mol. The highest BCUT2D eigenvalue weighted by Crippen LogP contribution is 2.03. The summed E-state index contributed by atoms with van der Waals surface area (Å²) in [5.74, 6) is 6.62. The fourth-order valence-electron chi connectivity index (χ4n) is 1.68. The Bertz CT molecular complexity index is 665. The Balaban J connectivity index is 1.85. The van der Waals surface area contributed by atoms with Crippen molar-refractivity contribution in [2.45, 2.75) is 13.3 Å². The second-order valence-corrected chi connectivity index (χ2v) is 4.32. The van der Waals surface area contributed by atoms with Crippen LogP contribution in [0, 0.1) is 18.8 Å². The molecule has 21 heavy (non-hydrogen) atoms. The molecule has 1 heterocycles. The second kappa shape index (κ2) is 7.22. The first kappa shape index (κ1) is 14.8. The highest BCUT2D eigenvalue weighted by molar-refractivity contribution is 5.94. The van der Waals surface area contributed by atoms with E-state index in [9.17, 15) is 4.79 Å². The quantitative estimate of drug-likeness (QED) is 0.804. The van der Waals surface area contributed by atoms with E-state index in [1.54, 1.807) is 31.2 Å². The maximum Gasteiger partial charge on any atom is 0.251 e. The summed E-state index contributed by atoms with van der Waals surface area (Å²) in [5.41, 5.74) is 6.71. The van der Waals surface area contributed by atoms with Gasteiger partial charge < -0.3 is 15.6 Å². The SMILES string of the molecule is Cc1noc(CCNC(=O)c2ccc(C#CCN)cc2)n1. The van der Waals surface area contributed by atoms with Gasteiger partial charge in [-0.3, -0.25) is 4.79 Å². The van der Waals surface area contributed by atoms with E-state index >= 15 is 0 Å². The first-order chi connectivity index (χ1) is 10.2. The van der Waals surface area contributed by atoms with Gasteiger partial charge in [0.1, 0.15) is 0 Å². The van der Waals surface area contributed by atoms with Crippen LogP contribution in [-0.4, -0.2) is 29.1 Å². The number of nitrogens with one attached hydrogen (secondary N) is 1. The van der Waals surface area contributed by atoms with E-state index in [-0.39, 0.29) is 5.91 Å². The summed E-state index contributed by atoms with van der Waals surface area (Å²) in [7, 11) is 0. The number of nitrogens with zero attached hydrogens (tertiary/aromatic N) is 2. The van der Waals surface area contributed by atoms with Gasteiger partial charge in [0.2, 0.25) is 5.89 Å². The lowest BCUT2D eigenvalue weighted by Crippen LogP contribution is -2.25. The molecular weight excluding hydrogens is 268 g/mol. The summed E-state index contributed by atoms with van der Waals surface area (Å²) in [4.78, 5) is 16.0. The number of benzene rings is 1. The lowest BCUT2D eigenvalue weighted by atomic mass is 10.1. The standard InChI is InChI=1S/C15H16N4O2/c1-11-18-14(21-19-11)8-10-17-15(20)13-6-4-12(5-7-13)3-2-9-16/h4-7H,8-10,16H2,1H3,(H,17,20). The maximum absolute atomic E-state index is 11.9. The molecule has 0 fully saturated rings. The third-order valence-corrected chi connectivity index (χ3v) is 2.68. The van der Waals surface area contributed by atoms with E-state index in [0.717, 1.165) is 5.56 Å². The Morgan fingerprint density at radius 3 is 2.76 bits per heavy atom. The largest absolute Gasteiger partial charge is 0.352 e. The molecule has 1 amide bonds. The topological polar surface area (TPSA) is 94.0 Å². The predicted molar refractivity (Wildman–Crippen MR) is 77.4 cm³/mol. The molecule has 0 radical (unpaired) electrons. The van der Waals surface area contributed by atoms with Gasteiger partial charge in [-0.1, -0.05) is 17.0 Å². The first-order valence-corrected chi connectivity index (χ1v) is 6.55. The number of hydrogen-bond donors (Lipinski definition) is 2. The van der Waals surface area contributed by atoms with E-state index in [1.165, 1.54) is 0 Å². The van der Waals surface area contributed by atoms with Crippen molar-refractivity contribution in [1.29, 1.82) is 0 Å². The van der Waals surface area contributed by atoms with E-state index in [2.05, 4.69) is 27.3 Å². The molecule has 6 nitrogen and oxygen atoms in total. The van der Waals surface area contributed by atoms with Crippen molar-refractivity contribution in [3.05, 3.63) is 47.1 Å². The molecular formula is C15H16N4O2. The molecule has 0 saturated heterocycles. The van der Waals surface area contributed by atoms with Gasteiger partial charge in [0.05, 0.1) is 6.54 Å². The van der Waals surface area contributed by atoms with Crippen LogP contribution in [0.5, 0.6) is 0 Å². The predicted octanol–water partition coefficient (Wildman–Crippen LogP) is 0.661. The van der Waals surface area contributed by atoms with Crippen molar-refractivity contribution in [3.8, 4) is 11.8 Å². The van der Waals surface area contributed by atoms with Crippen LogP contribution in [0.15, 0.2) is 28.8 Å². The molecule has 6 heteroatoms. The zero-order chi connectivity index (χ0) is 15.1. The maximum atomic E-state index is 11.9. The minimum Gasteiger partial charge on any atom is -0.352 e. The smallest absolute Gasteiger partial charge is 0.251 e. The normalized spacial score (nSPS) is 9.81. The third-order valence-electron chi connectivity index (χ3n) is 2.68. The zero-order valence-corrected chi connectivity index (χ0v) is 11.7. The molecule has 2 aromatic rings. The number of amides is 1. The van der Waals surface area contributed by atoms with Gasteiger partial charge in [0.25, 0.3) is 5.91 Å². The fourth-order valence-corrected chi connectivity index (χ4v) is 1.68. The molecule has 1 aromatic heterocycles. The summed E-state index contributed by atoms with van der Waals surface area (Å²) in [6.45, 7) is 2.51. The number of carbonyl (C=O) groups excluding carboxylic acids is 1. The minimum atomic E-state index is -0.149. The van der Waals surface area contributed by atoms with Crippen molar-refractivity contribution in [2.24, 2.45) is 5.73 Å². The molecule has 0 spiro atoms. The second-order valence-electron chi connectivity index (χ2n) is 4.32. The average Bonchev–Trinajstić information content (AvgIpc) is 2.91. The van der Waals surface area contributed by atoms with Crippen LogP contribution < -0.4 is 11.1 Å². The van der Waals surface area contributed by atoms with Crippen LogP contribution in [0.25, 0.3) is 0 Å². The molecule has 0 atom stereocenters. The Hall–Kier alpha value is -2.65. The highest BCUT2D eigenvalue weighted by Gasteiger charge is 2.06. The Morgan fingerprint density at radius 1 is 1.38 bits per heavy atom. The Kier molecular flexibility index (Phi) is 5.07. The van der Waals surface area contributed by atoms with Crippen molar-refractivity contribution in [1.82, 2.24) is 15.5 Å². The Morgan fingerprint density at radius 2 is 2.14 bits per heavy atom. The zero-order valence-electron chi connectivity index (χ0n) is 11.7. The molecule has 0 saturated carbocycles. The molecule has 0 bridgehead atoms. The van der Waals surface area contributed by atoms with Crippen molar-refractivity contribution in [2.75, 3.05) is 13.1 Å². The van der Waals surface area contributed by atoms with Gasteiger partial charge in [-0.2, -0.15) is 4.98 Å². The summed E-state index contributed by atoms with van der Waals surface area (Å²) in [5, 5.41) is 6.48. The van der Waals surface area contributed by atoms with Crippen LogP contribution in [0.4, 0.5) is 0 Å². The van der Waals surface area contributed by atoms with Gasteiger partial charge in [-0.25, -0.2) is 0 Å². The Labute approximate surface area is 122 Å². The fraction of sp³-hybridized carbons (Fsp3) is 0.267. The van der Waals surface area contributed by atoms with Crippen molar-refractivity contribution >= 4 is 5.91 Å². The van der Waals surface area contributed by atoms with Gasteiger partial charge in [-0.05, 0) is 31.2 Å². The van der Waals surface area contributed by atoms with E-state index in [4.69, 9.17) is 10.3 Å². The molecule has 0 unspecified atom stereocenters. The number of carbonyl (C=O) groups is 1. The van der Waals surface area contributed by atoms with Crippen LogP contribution in [0.1, 0.15) is 27.6 Å². The third kappa shape index (κ3) is 4.44. The van der Waals surface area contributed by atoms with Gasteiger partial charge in [0, 0.05) is 24.1 Å². The number of aromatic nitrogens is 2. The molecule has 0 aliphatic carbocycles. The van der Waals surface area contributed by atoms with Crippen molar-refractivity contribution < 1.29 is 9.32 Å². The van der Waals surface area contributed by atoms with Crippen LogP contribution in [0.2, 0.25) is 0 Å². The summed E-state index contributed by atoms with van der Waals surface area (Å²) in [6.07, 6.45) is 0.507. The molecule has 0 aliphatic heterocycles. The summed E-state index contributed by atoms with van der Waals surface area (Å²) in [6, 6.07) is 7.04. The number of hydrogen-bond acceptors (Lipinski definition) is 5. The van der Waals surface area contributed by atoms with Gasteiger partial charge in [0.15, 0.2) is 5.82 Å². The minimum absolute atomic E-state index is 0.149. The molecule has 2 rings (SSSR count). The van der Waals surface area contributed by atoms with Crippen LogP contribution >= 0.6 is 0 Å². The first-order valence-electron chi connectivity index (χ1n) is 6.55. The van der Waals surface area contributed by atoms with Crippen molar-refractivity contribution in [3.63, 3.8) is 0 Å². The monoisotopic (exact) mass is 284 g/mol. The number of nitrogens with two attached hydrogens (primary N) is 1. The molecule has 1 aromatic carbocycles. The van der Waals surface area contributed by atoms with E-state index in [1.807, 2.05) is 0 Å². The highest BCUT2D eigenvalue weighted by atomic mass is 16.5. The van der Waals surface area contributed by atoms with E-state index in [0.29, 0.717) is 36.8 Å². The molecule has 108 valence electrons. The van der Waals surface area contributed by atoms with Gasteiger partial charge >= 0.3 is 0 Å². The summed E-state index contributed by atoms with van der Waals surface area (Å²) < 4.78 is 4.97. The molecule has 3 N–H and O–H groups in total. The van der Waals surface area contributed by atoms with Gasteiger partial charge in [-0.15, -0.1) is 0 Å². The number of rotatable bonds is 4. The lowest BCUT2D eigenvalue weighted by Gasteiger charge is -2.03. The van der Waals surface area contributed by atoms with Crippen LogP contribution in [0.3, 0.4) is 0 Å². The summed E-state index contributed by atoms with van der Waals surface area (Å²) >= 11 is 0. The van der Waals surface area contributed by atoms with Crippen LogP contribution in [-0.2, 0) is 6.42 Å². The molecule has 0 aliphatic rings. The number of aryl methyl sites for hydroxylation is 1.